The third-order valence-corrected chi connectivity index (χ3v) is 2.46. The van der Waals surface area contributed by atoms with E-state index in [4.69, 9.17) is 4.74 Å². The van der Waals surface area contributed by atoms with E-state index in [1.165, 1.54) is 4.52 Å². The second-order valence-corrected chi connectivity index (χ2v) is 3.58. The van der Waals surface area contributed by atoms with Crippen LogP contribution in [0.4, 0.5) is 0 Å². The van der Waals surface area contributed by atoms with E-state index in [9.17, 15) is 9.59 Å². The van der Waals surface area contributed by atoms with Crippen molar-refractivity contribution in [3.05, 3.63) is 35.7 Å². The summed E-state index contributed by atoms with van der Waals surface area (Å²) in [5, 5.41) is 6.61. The van der Waals surface area contributed by atoms with Gasteiger partial charge in [0.05, 0.1) is 17.7 Å². The molecule has 0 saturated carbocycles. The van der Waals surface area contributed by atoms with Gasteiger partial charge >= 0.3 is 5.97 Å². The topological polar surface area (TPSA) is 72.7 Å². The van der Waals surface area contributed by atoms with Crippen LogP contribution < -0.4 is 5.32 Å². The largest absolute Gasteiger partial charge is 0.461 e. The summed E-state index contributed by atoms with van der Waals surface area (Å²) in [6, 6.07) is 4.91. The summed E-state index contributed by atoms with van der Waals surface area (Å²) in [6.45, 7) is 2.01. The van der Waals surface area contributed by atoms with Gasteiger partial charge in [0.1, 0.15) is 0 Å². The maximum Gasteiger partial charge on any atom is 0.358 e. The number of hydrogen-bond acceptors (Lipinski definition) is 4. The number of carbonyl (C=O) groups excluding carboxylic acids is 2. The zero-order valence-electron chi connectivity index (χ0n) is 10.1. The average Bonchev–Trinajstić information content (AvgIpc) is 2.81. The van der Waals surface area contributed by atoms with E-state index in [-0.39, 0.29) is 18.2 Å². The Kier molecular flexibility index (Phi) is 3.27. The van der Waals surface area contributed by atoms with Crippen molar-refractivity contribution in [1.29, 1.82) is 0 Å². The molecule has 0 spiro atoms. The maximum absolute atomic E-state index is 11.7. The Morgan fingerprint density at radius 3 is 2.94 bits per heavy atom. The average molecular weight is 247 g/mol. The SMILES string of the molecule is CCOC(=O)c1cc2c(C(=O)NC)cccn2n1. The molecule has 1 amide bonds. The number of esters is 1. The minimum atomic E-state index is -0.496. The first-order chi connectivity index (χ1) is 8.67. The van der Waals surface area contributed by atoms with Crippen LogP contribution in [0.25, 0.3) is 5.52 Å². The van der Waals surface area contributed by atoms with Gasteiger partial charge in [-0.1, -0.05) is 0 Å². The van der Waals surface area contributed by atoms with E-state index >= 15 is 0 Å². The smallest absolute Gasteiger partial charge is 0.358 e. The summed E-state index contributed by atoms with van der Waals surface area (Å²) in [5.41, 5.74) is 1.22. The second-order valence-electron chi connectivity index (χ2n) is 3.58. The Bertz CT molecular complexity index is 604. The Morgan fingerprint density at radius 2 is 2.28 bits per heavy atom. The molecule has 0 saturated heterocycles. The van der Waals surface area contributed by atoms with Crippen molar-refractivity contribution in [2.45, 2.75) is 6.92 Å². The molecule has 2 heterocycles. The van der Waals surface area contributed by atoms with Crippen molar-refractivity contribution in [3.63, 3.8) is 0 Å². The summed E-state index contributed by atoms with van der Waals surface area (Å²) in [4.78, 5) is 23.2. The van der Waals surface area contributed by atoms with Gasteiger partial charge in [0.2, 0.25) is 0 Å². The summed E-state index contributed by atoms with van der Waals surface area (Å²) in [5.74, 6) is -0.722. The molecule has 0 bridgehead atoms. The minimum absolute atomic E-state index is 0.188. The van der Waals surface area contributed by atoms with Crippen LogP contribution in [0.2, 0.25) is 0 Å². The lowest BCUT2D eigenvalue weighted by Gasteiger charge is -2.00. The van der Waals surface area contributed by atoms with Gasteiger partial charge in [-0.2, -0.15) is 5.10 Å². The standard InChI is InChI=1S/C12H13N3O3/c1-3-18-12(17)9-7-10-8(11(16)13-2)5-4-6-15(10)14-9/h4-7H,3H2,1-2H3,(H,13,16). The first kappa shape index (κ1) is 12.1. The van der Waals surface area contributed by atoms with Gasteiger partial charge in [-0.3, -0.25) is 4.79 Å². The van der Waals surface area contributed by atoms with Crippen LogP contribution in [0.3, 0.4) is 0 Å². The van der Waals surface area contributed by atoms with Gasteiger partial charge in [-0.15, -0.1) is 0 Å². The summed E-state index contributed by atoms with van der Waals surface area (Å²) < 4.78 is 6.35. The number of nitrogens with zero attached hydrogens (tertiary/aromatic N) is 2. The monoisotopic (exact) mass is 247 g/mol. The molecular formula is C12H13N3O3. The lowest BCUT2D eigenvalue weighted by atomic mass is 10.2. The number of amides is 1. The molecule has 0 radical (unpaired) electrons. The molecular weight excluding hydrogens is 234 g/mol. The molecule has 2 aromatic heterocycles. The third kappa shape index (κ3) is 2.04. The predicted molar refractivity (Wildman–Crippen MR) is 64.5 cm³/mol. The Hall–Kier alpha value is -2.37. The number of aromatic nitrogens is 2. The van der Waals surface area contributed by atoms with Crippen LogP contribution in [0.1, 0.15) is 27.8 Å². The van der Waals surface area contributed by atoms with E-state index in [0.717, 1.165) is 0 Å². The van der Waals surface area contributed by atoms with Crippen molar-refractivity contribution < 1.29 is 14.3 Å². The van der Waals surface area contributed by atoms with Crippen LogP contribution in [0.5, 0.6) is 0 Å². The van der Waals surface area contributed by atoms with Crippen molar-refractivity contribution in [1.82, 2.24) is 14.9 Å². The number of rotatable bonds is 3. The van der Waals surface area contributed by atoms with Crippen LogP contribution in [-0.4, -0.2) is 35.1 Å². The van der Waals surface area contributed by atoms with E-state index in [1.807, 2.05) is 0 Å². The van der Waals surface area contributed by atoms with Gasteiger partial charge in [0, 0.05) is 13.2 Å². The van der Waals surface area contributed by atoms with E-state index in [1.54, 1.807) is 38.4 Å². The normalized spacial score (nSPS) is 10.3. The second kappa shape index (κ2) is 4.87. The molecule has 2 rings (SSSR count). The van der Waals surface area contributed by atoms with Gasteiger partial charge in [0.15, 0.2) is 5.69 Å². The molecule has 94 valence electrons. The van der Waals surface area contributed by atoms with Crippen molar-refractivity contribution in [2.24, 2.45) is 0 Å². The highest BCUT2D eigenvalue weighted by Gasteiger charge is 2.15. The summed E-state index contributed by atoms with van der Waals surface area (Å²) in [6.07, 6.45) is 1.67. The quantitative estimate of drug-likeness (QED) is 0.817. The lowest BCUT2D eigenvalue weighted by molar-refractivity contribution is 0.0519. The summed E-state index contributed by atoms with van der Waals surface area (Å²) >= 11 is 0. The molecule has 0 atom stereocenters. The van der Waals surface area contributed by atoms with Crippen molar-refractivity contribution in [3.8, 4) is 0 Å². The first-order valence-electron chi connectivity index (χ1n) is 5.55. The fraction of sp³-hybridized carbons (Fsp3) is 0.250. The number of fused-ring (bicyclic) bond motifs is 1. The highest BCUT2D eigenvalue weighted by atomic mass is 16.5. The van der Waals surface area contributed by atoms with E-state index in [2.05, 4.69) is 10.4 Å². The van der Waals surface area contributed by atoms with Crippen molar-refractivity contribution >= 4 is 17.4 Å². The van der Waals surface area contributed by atoms with Crippen molar-refractivity contribution in [2.75, 3.05) is 13.7 Å². The number of carbonyl (C=O) groups is 2. The molecule has 0 fully saturated rings. The number of ether oxygens (including phenoxy) is 1. The van der Waals surface area contributed by atoms with Crippen LogP contribution in [0.15, 0.2) is 24.4 Å². The highest BCUT2D eigenvalue weighted by Crippen LogP contribution is 2.13. The molecule has 18 heavy (non-hydrogen) atoms. The van der Waals surface area contributed by atoms with Gasteiger partial charge in [0.25, 0.3) is 5.91 Å². The molecule has 0 aliphatic heterocycles. The molecule has 0 aromatic carbocycles. The Morgan fingerprint density at radius 1 is 1.50 bits per heavy atom. The molecule has 0 aliphatic carbocycles. The molecule has 6 heteroatoms. The van der Waals surface area contributed by atoms with Gasteiger partial charge < -0.3 is 10.1 Å². The van der Waals surface area contributed by atoms with E-state index in [0.29, 0.717) is 11.1 Å². The fourth-order valence-electron chi connectivity index (χ4n) is 1.65. The first-order valence-corrected chi connectivity index (χ1v) is 5.55. The van der Waals surface area contributed by atoms with Crippen LogP contribution in [-0.2, 0) is 4.74 Å². The minimum Gasteiger partial charge on any atom is -0.461 e. The summed E-state index contributed by atoms with van der Waals surface area (Å²) in [7, 11) is 1.55. The Balaban J connectivity index is 2.51. The lowest BCUT2D eigenvalue weighted by Crippen LogP contribution is -2.18. The Labute approximate surface area is 104 Å². The molecule has 0 aliphatic rings. The fourth-order valence-corrected chi connectivity index (χ4v) is 1.65. The van der Waals surface area contributed by atoms with E-state index < -0.39 is 5.97 Å². The molecule has 6 nitrogen and oxygen atoms in total. The predicted octanol–water partition coefficient (Wildman–Crippen LogP) is 0.871. The highest BCUT2D eigenvalue weighted by molar-refractivity contribution is 6.01. The van der Waals surface area contributed by atoms with Gasteiger partial charge in [-0.05, 0) is 25.1 Å². The van der Waals surface area contributed by atoms with Gasteiger partial charge in [-0.25, -0.2) is 9.31 Å². The zero-order chi connectivity index (χ0) is 13.1. The number of pyridine rings is 1. The number of nitrogens with one attached hydrogen (secondary N) is 1. The maximum atomic E-state index is 11.7. The number of hydrogen-bond donors (Lipinski definition) is 1. The van der Waals surface area contributed by atoms with Crippen LogP contribution in [0, 0.1) is 0 Å². The molecule has 1 N–H and O–H groups in total. The molecule has 2 aromatic rings. The zero-order valence-corrected chi connectivity index (χ0v) is 10.1. The molecule has 0 unspecified atom stereocenters. The van der Waals surface area contributed by atoms with Crippen LogP contribution >= 0.6 is 0 Å². The third-order valence-electron chi connectivity index (χ3n) is 2.46.